The third kappa shape index (κ3) is 4.54. The van der Waals surface area contributed by atoms with Gasteiger partial charge in [0.05, 0.1) is 23.4 Å². The van der Waals surface area contributed by atoms with E-state index >= 15 is 0 Å². The highest BCUT2D eigenvalue weighted by molar-refractivity contribution is 7.16. The Bertz CT molecular complexity index is 591. The van der Waals surface area contributed by atoms with Crippen molar-refractivity contribution in [2.24, 2.45) is 0 Å². The summed E-state index contributed by atoms with van der Waals surface area (Å²) in [5, 5.41) is 22.1. The molecule has 2 aromatic heterocycles. The zero-order chi connectivity index (χ0) is 15.2. The van der Waals surface area contributed by atoms with Crippen molar-refractivity contribution in [2.75, 3.05) is 18.0 Å². The number of carbonyl (C=O) groups is 2. The van der Waals surface area contributed by atoms with E-state index in [4.69, 9.17) is 10.2 Å². The second-order valence-corrected chi connectivity index (χ2v) is 6.05. The zero-order valence-corrected chi connectivity index (χ0v) is 12.7. The van der Waals surface area contributed by atoms with Crippen molar-refractivity contribution in [2.45, 2.75) is 12.8 Å². The molecule has 8 heteroatoms. The number of aliphatic carboxylic acids is 2. The van der Waals surface area contributed by atoms with Crippen LogP contribution in [0, 0.1) is 0 Å². The number of anilines is 1. The van der Waals surface area contributed by atoms with E-state index in [0.29, 0.717) is 5.13 Å². The quantitative estimate of drug-likeness (QED) is 0.775. The molecule has 0 bridgehead atoms. The van der Waals surface area contributed by atoms with Gasteiger partial charge in [0.1, 0.15) is 0 Å². The number of rotatable bonds is 8. The minimum Gasteiger partial charge on any atom is -0.481 e. The molecule has 6 nitrogen and oxygen atoms in total. The maximum absolute atomic E-state index is 10.7. The molecule has 0 fully saturated rings. The summed E-state index contributed by atoms with van der Waals surface area (Å²) in [6, 6.07) is 3.90. The first-order chi connectivity index (χ1) is 10.1. The summed E-state index contributed by atoms with van der Waals surface area (Å²) >= 11 is 2.97. The van der Waals surface area contributed by atoms with Crippen LogP contribution in [0.4, 0.5) is 5.13 Å². The summed E-state index contributed by atoms with van der Waals surface area (Å²) in [5.74, 6) is -1.82. The average Bonchev–Trinajstić information content (AvgIpc) is 3.08. The first kappa shape index (κ1) is 15.5. The lowest BCUT2D eigenvalue weighted by Gasteiger charge is -2.19. The van der Waals surface area contributed by atoms with Crippen molar-refractivity contribution in [3.63, 3.8) is 0 Å². The molecule has 112 valence electrons. The largest absolute Gasteiger partial charge is 0.481 e. The monoisotopic (exact) mass is 326 g/mol. The number of hydrogen-bond acceptors (Lipinski definition) is 6. The second-order valence-electron chi connectivity index (χ2n) is 4.27. The molecule has 2 heterocycles. The van der Waals surface area contributed by atoms with Crippen molar-refractivity contribution < 1.29 is 19.8 Å². The van der Waals surface area contributed by atoms with E-state index in [9.17, 15) is 9.59 Å². The minimum absolute atomic E-state index is 0.0481. The molecule has 0 aliphatic heterocycles. The Morgan fingerprint density at radius 2 is 1.81 bits per heavy atom. The molecule has 0 amide bonds. The minimum atomic E-state index is -0.912. The molecule has 0 saturated heterocycles. The van der Waals surface area contributed by atoms with Gasteiger partial charge in [-0.15, -0.1) is 22.7 Å². The molecule has 0 unspecified atom stereocenters. The van der Waals surface area contributed by atoms with Crippen LogP contribution in [-0.2, 0) is 9.59 Å². The Morgan fingerprint density at radius 3 is 2.33 bits per heavy atom. The number of nitrogens with zero attached hydrogens (tertiary/aromatic N) is 2. The highest BCUT2D eigenvalue weighted by Crippen LogP contribution is 2.30. The van der Waals surface area contributed by atoms with E-state index < -0.39 is 11.9 Å². The first-order valence-electron chi connectivity index (χ1n) is 6.24. The summed E-state index contributed by atoms with van der Waals surface area (Å²) in [7, 11) is 0. The predicted octanol–water partition coefficient (Wildman–Crippen LogP) is 2.63. The topological polar surface area (TPSA) is 90.7 Å². The Hall–Kier alpha value is -1.93. The fourth-order valence-electron chi connectivity index (χ4n) is 1.71. The average molecular weight is 326 g/mol. The fraction of sp³-hybridized carbons (Fsp3) is 0.308. The van der Waals surface area contributed by atoms with Gasteiger partial charge in [-0.05, 0) is 11.4 Å². The van der Waals surface area contributed by atoms with Crippen LogP contribution in [0.1, 0.15) is 12.8 Å². The van der Waals surface area contributed by atoms with Gasteiger partial charge in [0.2, 0.25) is 0 Å². The van der Waals surface area contributed by atoms with E-state index in [1.807, 2.05) is 22.9 Å². The smallest absolute Gasteiger partial charge is 0.305 e. The zero-order valence-electron chi connectivity index (χ0n) is 11.1. The lowest BCUT2D eigenvalue weighted by atomic mass is 10.3. The summed E-state index contributed by atoms with van der Waals surface area (Å²) in [6.45, 7) is 0.500. The van der Waals surface area contributed by atoms with Crippen LogP contribution in [0.2, 0.25) is 0 Å². The van der Waals surface area contributed by atoms with Gasteiger partial charge in [-0.2, -0.15) is 0 Å². The van der Waals surface area contributed by atoms with Gasteiger partial charge in [0.15, 0.2) is 5.13 Å². The van der Waals surface area contributed by atoms with Crippen molar-refractivity contribution in [3.8, 4) is 10.6 Å². The van der Waals surface area contributed by atoms with Crippen molar-refractivity contribution in [3.05, 3.63) is 22.9 Å². The molecule has 0 atom stereocenters. The molecule has 2 aromatic rings. The number of aromatic nitrogens is 1. The molecule has 0 saturated carbocycles. The number of carboxylic acids is 2. The summed E-state index contributed by atoms with van der Waals surface area (Å²) in [5.41, 5.74) is 0.834. The molecule has 0 spiro atoms. The summed E-state index contributed by atoms with van der Waals surface area (Å²) < 4.78 is 0. The van der Waals surface area contributed by atoms with Gasteiger partial charge < -0.3 is 15.1 Å². The lowest BCUT2D eigenvalue weighted by molar-refractivity contribution is -0.137. The molecule has 0 aromatic carbocycles. The molecule has 0 radical (unpaired) electrons. The van der Waals surface area contributed by atoms with Crippen molar-refractivity contribution in [1.82, 2.24) is 4.98 Å². The second kappa shape index (κ2) is 7.19. The van der Waals surface area contributed by atoms with Crippen LogP contribution in [0.5, 0.6) is 0 Å². The molecule has 2 N–H and O–H groups in total. The lowest BCUT2D eigenvalue weighted by Crippen LogP contribution is -2.28. The molecule has 2 rings (SSSR count). The van der Waals surface area contributed by atoms with Gasteiger partial charge in [-0.3, -0.25) is 9.59 Å². The predicted molar refractivity (Wildman–Crippen MR) is 82.1 cm³/mol. The first-order valence-corrected chi connectivity index (χ1v) is 8.00. The highest BCUT2D eigenvalue weighted by atomic mass is 32.1. The van der Waals surface area contributed by atoms with Gasteiger partial charge >= 0.3 is 11.9 Å². The maximum Gasteiger partial charge on any atom is 0.305 e. The highest BCUT2D eigenvalue weighted by Gasteiger charge is 2.15. The third-order valence-electron chi connectivity index (χ3n) is 2.73. The third-order valence-corrected chi connectivity index (χ3v) is 4.52. The Morgan fingerprint density at radius 1 is 1.14 bits per heavy atom. The Balaban J connectivity index is 2.11. The van der Waals surface area contributed by atoms with Crippen molar-refractivity contribution in [1.29, 1.82) is 0 Å². The van der Waals surface area contributed by atoms with E-state index in [1.54, 1.807) is 16.2 Å². The van der Waals surface area contributed by atoms with Gasteiger partial charge in [0, 0.05) is 18.5 Å². The molecule has 0 aliphatic carbocycles. The van der Waals surface area contributed by atoms with E-state index in [-0.39, 0.29) is 25.9 Å². The van der Waals surface area contributed by atoms with Gasteiger partial charge in [0.25, 0.3) is 0 Å². The van der Waals surface area contributed by atoms with E-state index in [2.05, 4.69) is 4.98 Å². The van der Waals surface area contributed by atoms with Crippen LogP contribution in [-0.4, -0.2) is 40.2 Å². The standard InChI is InChI=1S/C13H14N2O4S2/c16-11(17)3-5-15(6-4-12(18)19)13-14-9(8-21-13)10-2-1-7-20-10/h1-2,7-8H,3-6H2,(H,16,17)(H,18,19). The van der Waals surface area contributed by atoms with Gasteiger partial charge in [-0.25, -0.2) is 4.98 Å². The number of hydrogen-bond donors (Lipinski definition) is 2. The number of thiophene rings is 1. The van der Waals surface area contributed by atoms with Crippen molar-refractivity contribution >= 4 is 39.7 Å². The summed E-state index contributed by atoms with van der Waals surface area (Å²) in [4.78, 5) is 28.6. The molecule has 21 heavy (non-hydrogen) atoms. The van der Waals surface area contributed by atoms with E-state index in [0.717, 1.165) is 10.6 Å². The maximum atomic E-state index is 10.7. The van der Waals surface area contributed by atoms with Crippen LogP contribution >= 0.6 is 22.7 Å². The SMILES string of the molecule is O=C(O)CCN(CCC(=O)O)c1nc(-c2cccs2)cs1. The van der Waals surface area contributed by atoms with Crippen LogP contribution in [0.3, 0.4) is 0 Å². The summed E-state index contributed by atoms with van der Waals surface area (Å²) in [6.07, 6.45) is -0.0962. The van der Waals surface area contributed by atoms with Crippen LogP contribution in [0.15, 0.2) is 22.9 Å². The molecular weight excluding hydrogens is 312 g/mol. The van der Waals surface area contributed by atoms with E-state index in [1.165, 1.54) is 11.3 Å². The van der Waals surface area contributed by atoms with Gasteiger partial charge in [-0.1, -0.05) is 6.07 Å². The van der Waals surface area contributed by atoms with Crippen LogP contribution in [0.25, 0.3) is 10.6 Å². The molecular formula is C13H14N2O4S2. The Labute approximate surface area is 129 Å². The van der Waals surface area contributed by atoms with Crippen LogP contribution < -0.4 is 4.90 Å². The number of carboxylic acid groups (broad SMARTS) is 2. The molecule has 0 aliphatic rings. The number of thiazole rings is 1. The fourth-order valence-corrected chi connectivity index (χ4v) is 3.35. The normalized spacial score (nSPS) is 10.5. The Kier molecular flexibility index (Phi) is 5.29.